The smallest absolute Gasteiger partial charge is 0.342 e. The van der Waals surface area contributed by atoms with Gasteiger partial charge in [-0.05, 0) is 31.7 Å². The Morgan fingerprint density at radius 3 is 2.56 bits per heavy atom. The number of nitrogens with two attached hydrogens (primary N) is 1. The van der Waals surface area contributed by atoms with Crippen LogP contribution in [0, 0.1) is 10.8 Å². The Balaban J connectivity index is 1.88. The zero-order valence-corrected chi connectivity index (χ0v) is 22.6. The van der Waals surface area contributed by atoms with E-state index in [1.807, 2.05) is 0 Å². The molecular weight excluding hydrogens is 450 g/mol. The van der Waals surface area contributed by atoms with Crippen molar-refractivity contribution in [2.24, 2.45) is 16.6 Å². The molecule has 2 N–H and O–H groups in total. The number of rotatable bonds is 10. The van der Waals surface area contributed by atoms with Crippen LogP contribution in [0.3, 0.4) is 0 Å². The topological polar surface area (TPSA) is 113 Å². The maximum Gasteiger partial charge on any atom is 0.342 e. The summed E-state index contributed by atoms with van der Waals surface area (Å²) in [6.45, 7) is 17.2. The van der Waals surface area contributed by atoms with Crippen molar-refractivity contribution in [2.75, 3.05) is 31.2 Å². The number of amides is 1. The number of ether oxygens (including phenoxy) is 2. The molecule has 34 heavy (non-hydrogen) atoms. The summed E-state index contributed by atoms with van der Waals surface area (Å²) in [7, 11) is -1.21. The summed E-state index contributed by atoms with van der Waals surface area (Å²) in [5.41, 5.74) is 6.00. The number of nitrogens with zero attached hydrogens (tertiary/aromatic N) is 4. The molecule has 188 valence electrons. The first kappa shape index (κ1) is 26.1. The Bertz CT molecular complexity index is 1060. The van der Waals surface area contributed by atoms with Crippen molar-refractivity contribution in [1.82, 2.24) is 14.5 Å². The lowest BCUT2D eigenvalue weighted by atomic mass is 9.93. The molecule has 1 fully saturated rings. The van der Waals surface area contributed by atoms with Crippen LogP contribution in [-0.2, 0) is 21.0 Å². The van der Waals surface area contributed by atoms with E-state index in [4.69, 9.17) is 20.2 Å². The number of esters is 1. The fraction of sp³-hybridized carbons (Fsp3) is 0.667. The van der Waals surface area contributed by atoms with Crippen LogP contribution in [-0.4, -0.2) is 60.8 Å². The molecule has 1 aliphatic rings. The molecule has 3 heterocycles. The second kappa shape index (κ2) is 9.65. The number of fused-ring (bicyclic) bond motifs is 1. The Morgan fingerprint density at radius 2 is 1.97 bits per heavy atom. The van der Waals surface area contributed by atoms with Crippen LogP contribution in [0.5, 0.6) is 0 Å². The maximum absolute atomic E-state index is 13.0. The normalized spacial score (nSPS) is 16.3. The lowest BCUT2D eigenvalue weighted by Gasteiger charge is -2.20. The largest absolute Gasteiger partial charge is 0.461 e. The van der Waals surface area contributed by atoms with E-state index in [-0.39, 0.29) is 18.8 Å². The van der Waals surface area contributed by atoms with Crippen LogP contribution in [0.25, 0.3) is 11.2 Å². The van der Waals surface area contributed by atoms with Crippen LogP contribution in [0.15, 0.2) is 12.4 Å². The lowest BCUT2D eigenvalue weighted by Crippen LogP contribution is -2.36. The molecule has 0 aliphatic carbocycles. The molecule has 0 saturated carbocycles. The molecule has 0 atom stereocenters. The van der Waals surface area contributed by atoms with E-state index in [0.717, 1.165) is 31.4 Å². The van der Waals surface area contributed by atoms with E-state index in [1.54, 1.807) is 30.8 Å². The molecule has 0 bridgehead atoms. The second-order valence-corrected chi connectivity index (χ2v) is 17.5. The van der Waals surface area contributed by atoms with Crippen molar-refractivity contribution in [3.8, 4) is 0 Å². The molecule has 2 aromatic rings. The molecule has 3 rings (SSSR count). The first-order valence-electron chi connectivity index (χ1n) is 11.8. The van der Waals surface area contributed by atoms with Crippen molar-refractivity contribution in [1.29, 1.82) is 0 Å². The molecule has 0 unspecified atom stereocenters. The quantitative estimate of drug-likeness (QED) is 0.308. The Morgan fingerprint density at radius 1 is 1.26 bits per heavy atom. The van der Waals surface area contributed by atoms with Crippen molar-refractivity contribution in [3.63, 3.8) is 0 Å². The Hall–Kier alpha value is -2.46. The van der Waals surface area contributed by atoms with E-state index in [0.29, 0.717) is 23.3 Å². The zero-order valence-electron chi connectivity index (χ0n) is 21.6. The molecule has 10 heteroatoms. The predicted molar refractivity (Wildman–Crippen MR) is 136 cm³/mol. The summed E-state index contributed by atoms with van der Waals surface area (Å²) < 4.78 is 13.2. The summed E-state index contributed by atoms with van der Waals surface area (Å²) in [5.74, 6) is -0.354. The maximum atomic E-state index is 13.0. The summed E-state index contributed by atoms with van der Waals surface area (Å²) in [5, 5.41) is 0. The van der Waals surface area contributed by atoms with Gasteiger partial charge in [-0.15, -0.1) is 0 Å². The van der Waals surface area contributed by atoms with Crippen molar-refractivity contribution < 1.29 is 19.1 Å². The van der Waals surface area contributed by atoms with Crippen LogP contribution in [0.1, 0.15) is 44.5 Å². The van der Waals surface area contributed by atoms with Gasteiger partial charge in [0.05, 0.1) is 11.6 Å². The van der Waals surface area contributed by atoms with Crippen LogP contribution >= 0.6 is 0 Å². The molecule has 1 amide bonds. The van der Waals surface area contributed by atoms with E-state index < -0.39 is 25.4 Å². The Kier molecular flexibility index (Phi) is 7.42. The van der Waals surface area contributed by atoms with E-state index >= 15 is 0 Å². The van der Waals surface area contributed by atoms with Crippen molar-refractivity contribution >= 4 is 36.9 Å². The Labute approximate surface area is 203 Å². The zero-order chi connectivity index (χ0) is 25.3. The monoisotopic (exact) mass is 489 g/mol. The SMILES string of the molecule is CC1(C)CCN(c2cnc3c(n2)c(C(=O)OCC(C)(C)C(N)=O)cn3COCC[Si](C)(C)C)C1. The van der Waals surface area contributed by atoms with Gasteiger partial charge >= 0.3 is 5.97 Å². The van der Waals surface area contributed by atoms with Crippen LogP contribution in [0.2, 0.25) is 25.7 Å². The molecule has 1 saturated heterocycles. The average Bonchev–Trinajstić information content (AvgIpc) is 3.28. The average molecular weight is 490 g/mol. The second-order valence-electron chi connectivity index (χ2n) is 11.9. The van der Waals surface area contributed by atoms with Gasteiger partial charge in [0.2, 0.25) is 5.91 Å². The molecular formula is C24H39N5O4Si. The molecule has 0 spiro atoms. The number of carbonyl (C=O) groups excluding carboxylic acids is 2. The lowest BCUT2D eigenvalue weighted by molar-refractivity contribution is -0.127. The molecule has 1 aliphatic heterocycles. The number of hydrogen-bond donors (Lipinski definition) is 1. The number of carbonyl (C=O) groups is 2. The van der Waals surface area contributed by atoms with Crippen LogP contribution in [0.4, 0.5) is 5.82 Å². The van der Waals surface area contributed by atoms with Gasteiger partial charge in [-0.3, -0.25) is 4.79 Å². The van der Waals surface area contributed by atoms with Gasteiger partial charge in [0.1, 0.15) is 30.2 Å². The number of anilines is 1. The molecule has 9 nitrogen and oxygen atoms in total. The third-order valence-corrected chi connectivity index (χ3v) is 7.94. The predicted octanol–water partition coefficient (Wildman–Crippen LogP) is 3.65. The fourth-order valence-electron chi connectivity index (χ4n) is 3.69. The van der Waals surface area contributed by atoms with Gasteiger partial charge in [0.15, 0.2) is 5.65 Å². The molecule has 2 aromatic heterocycles. The standard InChI is InChI=1S/C24H39N5O4Si/c1-23(2)8-9-28(14-23)18-12-26-20-19(27-18)17(21(30)33-15-24(3,4)22(25)31)13-29(20)16-32-10-11-34(5,6)7/h12-13H,8-11,14-16H2,1-7H3,(H2,25,31). The summed E-state index contributed by atoms with van der Waals surface area (Å²) in [6, 6.07) is 1.05. The summed E-state index contributed by atoms with van der Waals surface area (Å²) >= 11 is 0. The van der Waals surface area contributed by atoms with Crippen molar-refractivity contribution in [3.05, 3.63) is 18.0 Å². The summed E-state index contributed by atoms with van der Waals surface area (Å²) in [6.07, 6.45) is 4.50. The molecule has 0 radical (unpaired) electrons. The minimum atomic E-state index is -1.21. The minimum Gasteiger partial charge on any atom is -0.461 e. The van der Waals surface area contributed by atoms with Gasteiger partial charge < -0.3 is 24.7 Å². The minimum absolute atomic E-state index is 0.117. The van der Waals surface area contributed by atoms with E-state index in [9.17, 15) is 9.59 Å². The highest BCUT2D eigenvalue weighted by Gasteiger charge is 2.32. The molecule has 0 aromatic carbocycles. The van der Waals surface area contributed by atoms with E-state index in [2.05, 4.69) is 43.4 Å². The van der Waals surface area contributed by atoms with Gasteiger partial charge in [-0.25, -0.2) is 14.8 Å². The summed E-state index contributed by atoms with van der Waals surface area (Å²) in [4.78, 5) is 36.3. The van der Waals surface area contributed by atoms with Gasteiger partial charge in [-0.1, -0.05) is 33.5 Å². The third kappa shape index (κ3) is 6.35. The highest BCUT2D eigenvalue weighted by Crippen LogP contribution is 2.32. The van der Waals surface area contributed by atoms with Gasteiger partial charge in [-0.2, -0.15) is 0 Å². The number of aromatic nitrogens is 3. The highest BCUT2D eigenvalue weighted by molar-refractivity contribution is 6.76. The first-order chi connectivity index (χ1) is 15.7. The first-order valence-corrected chi connectivity index (χ1v) is 15.5. The number of primary amides is 1. The third-order valence-electron chi connectivity index (χ3n) is 6.23. The highest BCUT2D eigenvalue weighted by atomic mass is 28.3. The fourth-order valence-corrected chi connectivity index (χ4v) is 4.44. The van der Waals surface area contributed by atoms with Gasteiger partial charge in [0.25, 0.3) is 0 Å². The van der Waals surface area contributed by atoms with Gasteiger partial charge in [0, 0.05) is 34.0 Å². The van der Waals surface area contributed by atoms with Crippen LogP contribution < -0.4 is 10.6 Å². The number of hydrogen-bond acceptors (Lipinski definition) is 7. The van der Waals surface area contributed by atoms with E-state index in [1.165, 1.54) is 0 Å². The van der Waals surface area contributed by atoms with Crippen molar-refractivity contribution in [2.45, 2.75) is 66.5 Å².